The quantitative estimate of drug-likeness (QED) is 0.856. The normalized spacial score (nSPS) is 10.9. The zero-order chi connectivity index (χ0) is 11.5. The molecule has 1 aromatic heterocycles. The molecule has 0 unspecified atom stereocenters. The highest BCUT2D eigenvalue weighted by Crippen LogP contribution is 2.20. The van der Waals surface area contributed by atoms with Gasteiger partial charge < -0.3 is 10.5 Å². The van der Waals surface area contributed by atoms with Crippen molar-refractivity contribution in [2.45, 2.75) is 13.8 Å². The first-order chi connectivity index (χ1) is 7.66. The van der Waals surface area contributed by atoms with Crippen LogP contribution in [0.2, 0.25) is 0 Å². The highest BCUT2D eigenvalue weighted by molar-refractivity contribution is 5.76. The van der Waals surface area contributed by atoms with Crippen molar-refractivity contribution in [3.05, 3.63) is 24.3 Å². The van der Waals surface area contributed by atoms with Crippen molar-refractivity contribution in [2.24, 2.45) is 5.92 Å². The number of nitrogens with two attached hydrogens (primary N) is 1. The van der Waals surface area contributed by atoms with Crippen LogP contribution in [0.25, 0.3) is 11.0 Å². The molecule has 0 fully saturated rings. The van der Waals surface area contributed by atoms with Crippen LogP contribution in [0.15, 0.2) is 24.3 Å². The number of hydrogen-bond acceptors (Lipinski definition) is 4. The summed E-state index contributed by atoms with van der Waals surface area (Å²) in [7, 11) is 0. The molecule has 0 saturated carbocycles. The zero-order valence-corrected chi connectivity index (χ0v) is 9.47. The van der Waals surface area contributed by atoms with Gasteiger partial charge in [0.2, 0.25) is 0 Å². The number of benzene rings is 1. The lowest BCUT2D eigenvalue weighted by atomic mass is 10.2. The Labute approximate surface area is 94.5 Å². The predicted octanol–water partition coefficient (Wildman–Crippen LogP) is 2.25. The molecule has 2 aromatic rings. The van der Waals surface area contributed by atoms with Gasteiger partial charge in [0.25, 0.3) is 5.88 Å². The summed E-state index contributed by atoms with van der Waals surface area (Å²) in [6.07, 6.45) is 0. The van der Waals surface area contributed by atoms with E-state index in [0.717, 1.165) is 11.0 Å². The van der Waals surface area contributed by atoms with Crippen LogP contribution in [-0.4, -0.2) is 16.6 Å². The Morgan fingerprint density at radius 3 is 2.44 bits per heavy atom. The largest absolute Gasteiger partial charge is 0.475 e. The second-order valence-electron chi connectivity index (χ2n) is 4.11. The Kier molecular flexibility index (Phi) is 2.90. The first-order valence-electron chi connectivity index (χ1n) is 5.32. The van der Waals surface area contributed by atoms with Gasteiger partial charge in [0.15, 0.2) is 5.82 Å². The fraction of sp³-hybridized carbons (Fsp3) is 0.333. The van der Waals surface area contributed by atoms with Crippen LogP contribution >= 0.6 is 0 Å². The highest BCUT2D eigenvalue weighted by atomic mass is 16.5. The van der Waals surface area contributed by atoms with E-state index in [-0.39, 0.29) is 0 Å². The highest BCUT2D eigenvalue weighted by Gasteiger charge is 2.07. The molecule has 0 amide bonds. The average Bonchev–Trinajstić information content (AvgIpc) is 2.26. The molecular weight excluding hydrogens is 202 g/mol. The maximum Gasteiger partial charge on any atom is 0.257 e. The van der Waals surface area contributed by atoms with Gasteiger partial charge >= 0.3 is 0 Å². The Morgan fingerprint density at radius 1 is 1.19 bits per heavy atom. The van der Waals surface area contributed by atoms with Crippen LogP contribution < -0.4 is 10.5 Å². The number of fused-ring (bicyclic) bond motifs is 1. The molecule has 1 aromatic carbocycles. The summed E-state index contributed by atoms with van der Waals surface area (Å²) >= 11 is 0. The number of aromatic nitrogens is 2. The summed E-state index contributed by atoms with van der Waals surface area (Å²) < 4.78 is 5.51. The van der Waals surface area contributed by atoms with Crippen LogP contribution in [0.5, 0.6) is 5.88 Å². The van der Waals surface area contributed by atoms with Crippen LogP contribution in [-0.2, 0) is 0 Å². The van der Waals surface area contributed by atoms with E-state index in [9.17, 15) is 0 Å². The molecule has 16 heavy (non-hydrogen) atoms. The van der Waals surface area contributed by atoms with E-state index in [1.165, 1.54) is 0 Å². The van der Waals surface area contributed by atoms with E-state index in [1.807, 2.05) is 24.3 Å². The summed E-state index contributed by atoms with van der Waals surface area (Å²) in [4.78, 5) is 8.58. The monoisotopic (exact) mass is 217 g/mol. The third-order valence-electron chi connectivity index (χ3n) is 2.12. The van der Waals surface area contributed by atoms with Gasteiger partial charge in [0, 0.05) is 0 Å². The molecule has 0 radical (unpaired) electrons. The van der Waals surface area contributed by atoms with Gasteiger partial charge in [-0.25, -0.2) is 9.97 Å². The van der Waals surface area contributed by atoms with Crippen molar-refractivity contribution in [3.63, 3.8) is 0 Å². The summed E-state index contributed by atoms with van der Waals surface area (Å²) in [5.74, 6) is 1.21. The molecular formula is C12H15N3O. The van der Waals surface area contributed by atoms with Crippen molar-refractivity contribution < 1.29 is 4.74 Å². The fourth-order valence-electron chi connectivity index (χ4n) is 1.35. The third-order valence-corrected chi connectivity index (χ3v) is 2.12. The fourth-order valence-corrected chi connectivity index (χ4v) is 1.35. The van der Waals surface area contributed by atoms with Gasteiger partial charge in [-0.1, -0.05) is 26.0 Å². The minimum atomic E-state index is 0.347. The van der Waals surface area contributed by atoms with Crippen LogP contribution in [0.4, 0.5) is 5.82 Å². The van der Waals surface area contributed by atoms with E-state index < -0.39 is 0 Å². The van der Waals surface area contributed by atoms with Gasteiger partial charge in [-0.3, -0.25) is 0 Å². The van der Waals surface area contributed by atoms with Crippen molar-refractivity contribution in [3.8, 4) is 5.88 Å². The number of ether oxygens (including phenoxy) is 1. The van der Waals surface area contributed by atoms with E-state index in [0.29, 0.717) is 24.2 Å². The Hall–Kier alpha value is -1.84. The number of nitrogen functional groups attached to an aromatic ring is 1. The Balaban J connectivity index is 2.34. The Bertz CT molecular complexity index is 497. The molecule has 2 rings (SSSR count). The van der Waals surface area contributed by atoms with E-state index >= 15 is 0 Å². The number of rotatable bonds is 3. The maximum atomic E-state index is 5.77. The molecule has 0 spiro atoms. The van der Waals surface area contributed by atoms with Crippen molar-refractivity contribution in [1.29, 1.82) is 0 Å². The summed E-state index contributed by atoms with van der Waals surface area (Å²) in [6.45, 7) is 4.74. The zero-order valence-electron chi connectivity index (χ0n) is 9.47. The minimum absolute atomic E-state index is 0.347. The molecule has 1 heterocycles. The predicted molar refractivity (Wildman–Crippen MR) is 64.3 cm³/mol. The Morgan fingerprint density at radius 2 is 1.81 bits per heavy atom. The van der Waals surface area contributed by atoms with E-state index in [4.69, 9.17) is 10.5 Å². The lowest BCUT2D eigenvalue weighted by molar-refractivity contribution is 0.263. The second kappa shape index (κ2) is 4.35. The average molecular weight is 217 g/mol. The number of anilines is 1. The molecule has 0 bridgehead atoms. The number of nitrogens with zero attached hydrogens (tertiary/aromatic N) is 2. The van der Waals surface area contributed by atoms with Crippen LogP contribution in [0.1, 0.15) is 13.8 Å². The summed E-state index contributed by atoms with van der Waals surface area (Å²) in [6, 6.07) is 7.60. The molecule has 2 N–H and O–H groups in total. The first-order valence-corrected chi connectivity index (χ1v) is 5.32. The SMILES string of the molecule is CC(C)COc1nc2ccccc2nc1N. The van der Waals surface area contributed by atoms with E-state index in [1.54, 1.807) is 0 Å². The van der Waals surface area contributed by atoms with Crippen LogP contribution in [0.3, 0.4) is 0 Å². The molecule has 84 valence electrons. The van der Waals surface area contributed by atoms with Gasteiger partial charge in [-0.05, 0) is 18.1 Å². The first kappa shape index (κ1) is 10.7. The molecule has 4 heteroatoms. The van der Waals surface area contributed by atoms with E-state index in [2.05, 4.69) is 23.8 Å². The van der Waals surface area contributed by atoms with Gasteiger partial charge in [-0.15, -0.1) is 0 Å². The van der Waals surface area contributed by atoms with Crippen molar-refractivity contribution >= 4 is 16.9 Å². The lowest BCUT2D eigenvalue weighted by Gasteiger charge is -2.09. The third kappa shape index (κ3) is 2.21. The molecule has 0 atom stereocenters. The minimum Gasteiger partial charge on any atom is -0.475 e. The summed E-state index contributed by atoms with van der Waals surface area (Å²) in [5.41, 5.74) is 7.36. The van der Waals surface area contributed by atoms with Gasteiger partial charge in [0.1, 0.15) is 0 Å². The number of hydrogen-bond donors (Lipinski definition) is 1. The molecule has 0 aliphatic carbocycles. The molecule has 0 saturated heterocycles. The standard InChI is InChI=1S/C12H15N3O/c1-8(2)7-16-12-11(13)14-9-5-3-4-6-10(9)15-12/h3-6,8H,7H2,1-2H3,(H2,13,14). The molecule has 0 aliphatic heterocycles. The van der Waals surface area contributed by atoms with Crippen molar-refractivity contribution in [2.75, 3.05) is 12.3 Å². The topological polar surface area (TPSA) is 61.0 Å². The van der Waals surface area contributed by atoms with Gasteiger partial charge in [0.05, 0.1) is 17.6 Å². The number of para-hydroxylation sites is 2. The smallest absolute Gasteiger partial charge is 0.257 e. The molecule has 0 aliphatic rings. The van der Waals surface area contributed by atoms with Crippen molar-refractivity contribution in [1.82, 2.24) is 9.97 Å². The molecule has 4 nitrogen and oxygen atoms in total. The van der Waals surface area contributed by atoms with Crippen LogP contribution in [0, 0.1) is 5.92 Å². The second-order valence-corrected chi connectivity index (χ2v) is 4.11. The maximum absolute atomic E-state index is 5.77. The lowest BCUT2D eigenvalue weighted by Crippen LogP contribution is -2.08. The van der Waals surface area contributed by atoms with Gasteiger partial charge in [-0.2, -0.15) is 0 Å². The summed E-state index contributed by atoms with van der Waals surface area (Å²) in [5, 5.41) is 0.